The summed E-state index contributed by atoms with van der Waals surface area (Å²) in [5.41, 5.74) is 1.73. The van der Waals surface area contributed by atoms with Gasteiger partial charge < -0.3 is 10.2 Å². The van der Waals surface area contributed by atoms with Crippen LogP contribution in [0.2, 0.25) is 0 Å². The third-order valence-corrected chi connectivity index (χ3v) is 10.7. The van der Waals surface area contributed by atoms with E-state index in [-0.39, 0.29) is 23.0 Å². The SMILES string of the molecule is CC(C)[C@@H](C)/C=C/[C@@H](C)[C@H]1CCC2C3CC=C4C[C@@H](O)CC[C@]4(C)C3C[C@@H](O)[C@@]21C. The molecule has 2 N–H and O–H groups in total. The van der Waals surface area contributed by atoms with Crippen molar-refractivity contribution in [3.8, 4) is 0 Å². The van der Waals surface area contributed by atoms with Crippen LogP contribution in [-0.2, 0) is 0 Å². The van der Waals surface area contributed by atoms with E-state index in [0.29, 0.717) is 41.4 Å². The van der Waals surface area contributed by atoms with E-state index in [0.717, 1.165) is 32.1 Å². The van der Waals surface area contributed by atoms with Crippen LogP contribution >= 0.6 is 0 Å². The molecule has 0 saturated heterocycles. The molecule has 0 aromatic rings. The Balaban J connectivity index is 1.58. The van der Waals surface area contributed by atoms with Crippen LogP contribution in [-0.4, -0.2) is 22.4 Å². The molecule has 30 heavy (non-hydrogen) atoms. The maximum atomic E-state index is 11.6. The van der Waals surface area contributed by atoms with Crippen molar-refractivity contribution in [2.24, 2.45) is 52.3 Å². The lowest BCUT2D eigenvalue weighted by molar-refractivity contribution is -0.133. The summed E-state index contributed by atoms with van der Waals surface area (Å²) in [4.78, 5) is 0. The lowest BCUT2D eigenvalue weighted by atomic mass is 9.46. The highest BCUT2D eigenvalue weighted by Crippen LogP contribution is 2.67. The van der Waals surface area contributed by atoms with E-state index < -0.39 is 0 Å². The Kier molecular flexibility index (Phi) is 6.08. The van der Waals surface area contributed by atoms with Gasteiger partial charge in [-0.2, -0.15) is 0 Å². The standard InChI is InChI=1S/C28H46O2/c1-17(2)18(3)7-8-19(4)23-11-12-24-22-10-9-20-15-21(29)13-14-27(20,5)25(22)16-26(30)28(23,24)6/h7-9,17-19,21-26,29-30H,10-16H2,1-6H3/b8-7+/t18-,19+,21-,22?,23+,24?,25?,26+,27-,28+/m0/s1. The van der Waals surface area contributed by atoms with Gasteiger partial charge in [0.1, 0.15) is 0 Å². The smallest absolute Gasteiger partial charge is 0.0602 e. The van der Waals surface area contributed by atoms with Crippen molar-refractivity contribution in [3.05, 3.63) is 23.8 Å². The predicted molar refractivity (Wildman–Crippen MR) is 125 cm³/mol. The molecule has 3 fully saturated rings. The van der Waals surface area contributed by atoms with Crippen LogP contribution in [0.4, 0.5) is 0 Å². The fraction of sp³-hybridized carbons (Fsp3) is 0.857. The van der Waals surface area contributed by atoms with E-state index in [1.54, 1.807) is 0 Å². The van der Waals surface area contributed by atoms with E-state index in [1.807, 2.05) is 0 Å². The second-order valence-corrected chi connectivity index (χ2v) is 12.3. The Hall–Kier alpha value is -0.600. The van der Waals surface area contributed by atoms with Crippen LogP contribution < -0.4 is 0 Å². The molecule has 3 saturated carbocycles. The van der Waals surface area contributed by atoms with Crippen LogP contribution in [0, 0.1) is 52.3 Å². The van der Waals surface area contributed by atoms with E-state index in [4.69, 9.17) is 0 Å². The van der Waals surface area contributed by atoms with Gasteiger partial charge in [-0.25, -0.2) is 0 Å². The number of rotatable bonds is 4. The van der Waals surface area contributed by atoms with Crippen molar-refractivity contribution in [2.45, 2.75) is 98.7 Å². The fourth-order valence-corrected chi connectivity index (χ4v) is 8.21. The molecule has 0 aliphatic heterocycles. The van der Waals surface area contributed by atoms with Gasteiger partial charge in [-0.1, -0.05) is 65.3 Å². The summed E-state index contributed by atoms with van der Waals surface area (Å²) in [6.45, 7) is 14.2. The number of allylic oxidation sites excluding steroid dienone is 3. The first-order chi connectivity index (χ1) is 14.1. The van der Waals surface area contributed by atoms with Gasteiger partial charge in [0, 0.05) is 0 Å². The second-order valence-electron chi connectivity index (χ2n) is 12.3. The first kappa shape index (κ1) is 22.6. The highest BCUT2D eigenvalue weighted by molar-refractivity contribution is 5.26. The highest BCUT2D eigenvalue weighted by Gasteiger charge is 2.62. The minimum absolute atomic E-state index is 0.0435. The van der Waals surface area contributed by atoms with Crippen LogP contribution in [0.1, 0.15) is 86.5 Å². The number of fused-ring (bicyclic) bond motifs is 5. The minimum atomic E-state index is -0.197. The highest BCUT2D eigenvalue weighted by atomic mass is 16.3. The second kappa shape index (κ2) is 8.07. The summed E-state index contributed by atoms with van der Waals surface area (Å²) in [5, 5.41) is 21.9. The number of aliphatic hydroxyl groups excluding tert-OH is 2. The van der Waals surface area contributed by atoms with Crippen molar-refractivity contribution in [1.82, 2.24) is 0 Å². The van der Waals surface area contributed by atoms with Crippen molar-refractivity contribution in [3.63, 3.8) is 0 Å². The first-order valence-corrected chi connectivity index (χ1v) is 12.8. The summed E-state index contributed by atoms with van der Waals surface area (Å²) in [7, 11) is 0. The lowest BCUT2D eigenvalue weighted by Gasteiger charge is -2.60. The van der Waals surface area contributed by atoms with Gasteiger partial charge in [-0.3, -0.25) is 0 Å². The molecule has 4 aliphatic rings. The number of hydrogen-bond acceptors (Lipinski definition) is 2. The van der Waals surface area contributed by atoms with Crippen LogP contribution in [0.15, 0.2) is 23.8 Å². The third-order valence-electron chi connectivity index (χ3n) is 10.7. The minimum Gasteiger partial charge on any atom is -0.393 e. The monoisotopic (exact) mass is 414 g/mol. The van der Waals surface area contributed by atoms with Crippen molar-refractivity contribution in [1.29, 1.82) is 0 Å². The maximum Gasteiger partial charge on any atom is 0.0602 e. The van der Waals surface area contributed by atoms with Gasteiger partial charge in [0.05, 0.1) is 12.2 Å². The molecule has 0 bridgehead atoms. The van der Waals surface area contributed by atoms with E-state index in [2.05, 4.69) is 59.8 Å². The zero-order valence-corrected chi connectivity index (χ0v) is 20.3. The molecule has 10 atom stereocenters. The molecule has 4 aliphatic carbocycles. The van der Waals surface area contributed by atoms with Gasteiger partial charge >= 0.3 is 0 Å². The lowest BCUT2D eigenvalue weighted by Crippen LogP contribution is -2.56. The maximum absolute atomic E-state index is 11.6. The first-order valence-electron chi connectivity index (χ1n) is 12.8. The molecule has 0 spiro atoms. The molecule has 4 rings (SSSR count). The summed E-state index contributed by atoms with van der Waals surface area (Å²) in [6.07, 6.45) is 14.6. The zero-order valence-electron chi connectivity index (χ0n) is 20.3. The molecule has 0 aromatic carbocycles. The molecule has 0 amide bonds. The quantitative estimate of drug-likeness (QED) is 0.524. The van der Waals surface area contributed by atoms with E-state index >= 15 is 0 Å². The number of aliphatic hydroxyl groups is 2. The fourth-order valence-electron chi connectivity index (χ4n) is 8.21. The normalized spacial score (nSPS) is 48.1. The largest absolute Gasteiger partial charge is 0.393 e. The molecule has 3 unspecified atom stereocenters. The Morgan fingerprint density at radius 2 is 1.73 bits per heavy atom. The van der Waals surface area contributed by atoms with Gasteiger partial charge in [0.15, 0.2) is 0 Å². The number of hydrogen-bond donors (Lipinski definition) is 2. The Morgan fingerprint density at radius 1 is 1.00 bits per heavy atom. The van der Waals surface area contributed by atoms with Crippen LogP contribution in [0.25, 0.3) is 0 Å². The summed E-state index contributed by atoms with van der Waals surface area (Å²) >= 11 is 0. The third kappa shape index (κ3) is 3.45. The van der Waals surface area contributed by atoms with E-state index in [9.17, 15) is 10.2 Å². The average Bonchev–Trinajstić information content (AvgIpc) is 3.06. The van der Waals surface area contributed by atoms with Gasteiger partial charge in [-0.15, -0.1) is 0 Å². The average molecular weight is 415 g/mol. The summed E-state index contributed by atoms with van der Waals surface area (Å²) in [6, 6.07) is 0. The van der Waals surface area contributed by atoms with Crippen molar-refractivity contribution < 1.29 is 10.2 Å². The van der Waals surface area contributed by atoms with Crippen molar-refractivity contribution in [2.75, 3.05) is 0 Å². The summed E-state index contributed by atoms with van der Waals surface area (Å²) < 4.78 is 0. The molecule has 0 radical (unpaired) electrons. The Bertz CT molecular complexity index is 693. The van der Waals surface area contributed by atoms with Crippen molar-refractivity contribution >= 4 is 0 Å². The molecule has 170 valence electrons. The molecule has 0 aromatic heterocycles. The van der Waals surface area contributed by atoms with E-state index in [1.165, 1.54) is 18.4 Å². The molecular formula is C28H46O2. The Labute approximate surface area is 185 Å². The molecule has 2 nitrogen and oxygen atoms in total. The van der Waals surface area contributed by atoms with Crippen LogP contribution in [0.3, 0.4) is 0 Å². The van der Waals surface area contributed by atoms with Crippen LogP contribution in [0.5, 0.6) is 0 Å². The molecular weight excluding hydrogens is 368 g/mol. The molecule has 2 heteroatoms. The summed E-state index contributed by atoms with van der Waals surface area (Å²) in [5.74, 6) is 4.34. The van der Waals surface area contributed by atoms with Gasteiger partial charge in [0.2, 0.25) is 0 Å². The molecule has 0 heterocycles. The topological polar surface area (TPSA) is 40.5 Å². The Morgan fingerprint density at radius 3 is 2.43 bits per heavy atom. The van der Waals surface area contributed by atoms with Gasteiger partial charge in [-0.05, 0) is 97.2 Å². The van der Waals surface area contributed by atoms with Gasteiger partial charge in [0.25, 0.3) is 0 Å². The zero-order chi connectivity index (χ0) is 21.8. The predicted octanol–water partition coefficient (Wildman–Crippen LogP) is 6.38.